The van der Waals surface area contributed by atoms with Crippen LogP contribution in [-0.2, 0) is 17.8 Å². The number of amides is 1. The van der Waals surface area contributed by atoms with E-state index >= 15 is 0 Å². The topological polar surface area (TPSA) is 32.3 Å². The van der Waals surface area contributed by atoms with Gasteiger partial charge >= 0.3 is 0 Å². The van der Waals surface area contributed by atoms with Crippen molar-refractivity contribution in [1.82, 2.24) is 5.32 Å². The van der Waals surface area contributed by atoms with Crippen LogP contribution >= 0.6 is 0 Å². The molecule has 1 aliphatic rings. The van der Waals surface area contributed by atoms with Crippen molar-refractivity contribution in [3.8, 4) is 0 Å². The molecule has 1 heterocycles. The van der Waals surface area contributed by atoms with E-state index in [0.717, 1.165) is 18.7 Å². The van der Waals surface area contributed by atoms with Crippen LogP contribution in [0.3, 0.4) is 0 Å². The molecule has 0 bridgehead atoms. The van der Waals surface area contributed by atoms with Gasteiger partial charge in [0.25, 0.3) is 0 Å². The Morgan fingerprint density at radius 3 is 2.41 bits per heavy atom. The standard InChI is InChI=1S/C19H22N2O/c1-13-8-14(2)10-17(9-13)21(3)19(22)18-11-15-6-4-5-7-16(15)12-20-18/h4-10,18,20H,11-12H2,1-3H3. The maximum atomic E-state index is 12.8. The van der Waals surface area contributed by atoms with Gasteiger partial charge in [-0.3, -0.25) is 4.79 Å². The van der Waals surface area contributed by atoms with Gasteiger partial charge in [0.2, 0.25) is 5.91 Å². The number of fused-ring (bicyclic) bond motifs is 1. The van der Waals surface area contributed by atoms with Crippen molar-refractivity contribution < 1.29 is 4.79 Å². The fraction of sp³-hybridized carbons (Fsp3) is 0.316. The number of hydrogen-bond donors (Lipinski definition) is 1. The molecule has 114 valence electrons. The van der Waals surface area contributed by atoms with Crippen LogP contribution < -0.4 is 10.2 Å². The van der Waals surface area contributed by atoms with Crippen LogP contribution in [0.2, 0.25) is 0 Å². The molecule has 2 aromatic rings. The molecule has 0 aliphatic carbocycles. The summed E-state index contributed by atoms with van der Waals surface area (Å²) in [6.07, 6.45) is 0.754. The van der Waals surface area contributed by atoms with Crippen LogP contribution in [0.25, 0.3) is 0 Å². The molecule has 3 nitrogen and oxygen atoms in total. The summed E-state index contributed by atoms with van der Waals surface area (Å²) in [7, 11) is 1.86. The maximum Gasteiger partial charge on any atom is 0.244 e. The smallest absolute Gasteiger partial charge is 0.244 e. The lowest BCUT2D eigenvalue weighted by Crippen LogP contribution is -2.48. The van der Waals surface area contributed by atoms with Gasteiger partial charge in [-0.2, -0.15) is 0 Å². The van der Waals surface area contributed by atoms with E-state index in [1.54, 1.807) is 4.90 Å². The Bertz CT molecular complexity index is 688. The number of benzene rings is 2. The Morgan fingerprint density at radius 1 is 1.09 bits per heavy atom. The number of carbonyl (C=O) groups excluding carboxylic acids is 1. The highest BCUT2D eigenvalue weighted by atomic mass is 16.2. The lowest BCUT2D eigenvalue weighted by atomic mass is 9.95. The van der Waals surface area contributed by atoms with Crippen molar-refractivity contribution >= 4 is 11.6 Å². The summed E-state index contributed by atoms with van der Waals surface area (Å²) in [6.45, 7) is 4.88. The molecule has 1 atom stereocenters. The van der Waals surface area contributed by atoms with Crippen LogP contribution in [0.15, 0.2) is 42.5 Å². The number of anilines is 1. The molecule has 3 heteroatoms. The predicted octanol–water partition coefficient (Wildman–Crippen LogP) is 2.98. The van der Waals surface area contributed by atoms with Crippen molar-refractivity contribution in [3.05, 3.63) is 64.7 Å². The third-order valence-electron chi connectivity index (χ3n) is 4.30. The maximum absolute atomic E-state index is 12.8. The van der Waals surface area contributed by atoms with Gasteiger partial charge in [-0.05, 0) is 54.7 Å². The SMILES string of the molecule is Cc1cc(C)cc(N(C)C(=O)C2Cc3ccccc3CN2)c1. The largest absolute Gasteiger partial charge is 0.314 e. The lowest BCUT2D eigenvalue weighted by Gasteiger charge is -2.29. The Morgan fingerprint density at radius 2 is 1.73 bits per heavy atom. The van der Waals surface area contributed by atoms with Gasteiger partial charge in [0, 0.05) is 19.3 Å². The number of carbonyl (C=O) groups is 1. The number of aryl methyl sites for hydroxylation is 2. The fourth-order valence-corrected chi connectivity index (χ4v) is 3.13. The predicted molar refractivity (Wildman–Crippen MR) is 90.1 cm³/mol. The van der Waals surface area contributed by atoms with Crippen molar-refractivity contribution in [1.29, 1.82) is 0 Å². The van der Waals surface area contributed by atoms with E-state index in [9.17, 15) is 4.79 Å². The highest BCUT2D eigenvalue weighted by Gasteiger charge is 2.27. The monoisotopic (exact) mass is 294 g/mol. The molecule has 2 aromatic carbocycles. The highest BCUT2D eigenvalue weighted by molar-refractivity contribution is 5.97. The molecule has 0 radical (unpaired) electrons. The second kappa shape index (κ2) is 5.93. The van der Waals surface area contributed by atoms with Crippen molar-refractivity contribution in [2.24, 2.45) is 0 Å². The quantitative estimate of drug-likeness (QED) is 0.923. The average Bonchev–Trinajstić information content (AvgIpc) is 2.52. The van der Waals surface area contributed by atoms with Crippen LogP contribution in [0.1, 0.15) is 22.3 Å². The van der Waals surface area contributed by atoms with Crippen LogP contribution in [-0.4, -0.2) is 19.0 Å². The molecule has 1 unspecified atom stereocenters. The number of likely N-dealkylation sites (N-methyl/N-ethyl adjacent to an activating group) is 1. The van der Waals surface area contributed by atoms with E-state index in [-0.39, 0.29) is 11.9 Å². The van der Waals surface area contributed by atoms with Gasteiger partial charge < -0.3 is 10.2 Å². The Balaban J connectivity index is 1.79. The first kappa shape index (κ1) is 14.8. The fourth-order valence-electron chi connectivity index (χ4n) is 3.13. The minimum Gasteiger partial charge on any atom is -0.314 e. The van der Waals surface area contributed by atoms with E-state index in [1.807, 2.05) is 19.2 Å². The molecule has 3 rings (SSSR count). The third kappa shape index (κ3) is 2.90. The zero-order valence-electron chi connectivity index (χ0n) is 13.4. The summed E-state index contributed by atoms with van der Waals surface area (Å²) < 4.78 is 0. The van der Waals surface area contributed by atoms with Crippen LogP contribution in [0.4, 0.5) is 5.69 Å². The number of hydrogen-bond acceptors (Lipinski definition) is 2. The first-order chi connectivity index (χ1) is 10.5. The molecule has 0 aromatic heterocycles. The van der Waals surface area contributed by atoms with E-state index in [1.165, 1.54) is 22.3 Å². The van der Waals surface area contributed by atoms with Gasteiger partial charge in [0.15, 0.2) is 0 Å². The zero-order chi connectivity index (χ0) is 15.7. The molecule has 22 heavy (non-hydrogen) atoms. The molecule has 0 saturated carbocycles. The molecule has 1 N–H and O–H groups in total. The Labute approximate surface area is 132 Å². The van der Waals surface area contributed by atoms with E-state index in [0.29, 0.717) is 0 Å². The lowest BCUT2D eigenvalue weighted by molar-refractivity contribution is -0.120. The first-order valence-corrected chi connectivity index (χ1v) is 7.70. The third-order valence-corrected chi connectivity index (χ3v) is 4.30. The summed E-state index contributed by atoms with van der Waals surface area (Å²) >= 11 is 0. The summed E-state index contributed by atoms with van der Waals surface area (Å²) in [5.41, 5.74) is 5.88. The second-order valence-corrected chi connectivity index (χ2v) is 6.15. The average molecular weight is 294 g/mol. The molecular weight excluding hydrogens is 272 g/mol. The first-order valence-electron chi connectivity index (χ1n) is 7.70. The summed E-state index contributed by atoms with van der Waals surface area (Å²) in [5.74, 6) is 0.125. The van der Waals surface area contributed by atoms with Gasteiger partial charge in [0.05, 0.1) is 6.04 Å². The molecular formula is C19H22N2O. The van der Waals surface area contributed by atoms with Gasteiger partial charge in [-0.1, -0.05) is 30.3 Å². The molecule has 0 spiro atoms. The van der Waals surface area contributed by atoms with Crippen molar-refractivity contribution in [2.45, 2.75) is 32.9 Å². The Kier molecular flexibility index (Phi) is 3.99. The summed E-state index contributed by atoms with van der Waals surface area (Å²) in [4.78, 5) is 14.6. The molecule has 0 saturated heterocycles. The van der Waals surface area contributed by atoms with Crippen molar-refractivity contribution in [2.75, 3.05) is 11.9 Å². The normalized spacial score (nSPS) is 17.0. The van der Waals surface area contributed by atoms with Gasteiger partial charge in [-0.15, -0.1) is 0 Å². The number of nitrogens with zero attached hydrogens (tertiary/aromatic N) is 1. The second-order valence-electron chi connectivity index (χ2n) is 6.15. The number of nitrogens with one attached hydrogen (secondary N) is 1. The summed E-state index contributed by atoms with van der Waals surface area (Å²) in [6, 6.07) is 14.4. The zero-order valence-corrected chi connectivity index (χ0v) is 13.4. The Hall–Kier alpha value is -2.13. The van der Waals surface area contributed by atoms with E-state index in [4.69, 9.17) is 0 Å². The number of rotatable bonds is 2. The minimum absolute atomic E-state index is 0.125. The molecule has 1 aliphatic heterocycles. The highest BCUT2D eigenvalue weighted by Crippen LogP contribution is 2.21. The van der Waals surface area contributed by atoms with Crippen LogP contribution in [0.5, 0.6) is 0 Å². The summed E-state index contributed by atoms with van der Waals surface area (Å²) in [5, 5.41) is 3.36. The van der Waals surface area contributed by atoms with Gasteiger partial charge in [-0.25, -0.2) is 0 Å². The molecule has 1 amide bonds. The minimum atomic E-state index is -0.152. The van der Waals surface area contributed by atoms with Crippen molar-refractivity contribution in [3.63, 3.8) is 0 Å². The van der Waals surface area contributed by atoms with E-state index < -0.39 is 0 Å². The van der Waals surface area contributed by atoms with Gasteiger partial charge in [0.1, 0.15) is 0 Å². The van der Waals surface area contributed by atoms with E-state index in [2.05, 4.69) is 49.5 Å². The molecule has 0 fully saturated rings. The van der Waals surface area contributed by atoms with Crippen LogP contribution in [0, 0.1) is 13.8 Å².